The summed E-state index contributed by atoms with van der Waals surface area (Å²) in [4.78, 5) is 33.9. The smallest absolute Gasteiger partial charge is 0.258 e. The number of rotatable bonds is 7. The van der Waals surface area contributed by atoms with E-state index in [1.54, 1.807) is 11.0 Å². The summed E-state index contributed by atoms with van der Waals surface area (Å²) in [7, 11) is 0. The molecule has 3 rings (SSSR count). The van der Waals surface area contributed by atoms with Gasteiger partial charge < -0.3 is 9.88 Å². The van der Waals surface area contributed by atoms with E-state index in [-0.39, 0.29) is 11.5 Å². The number of aromatic amines is 1. The molecular formula is C23H27N3O2. The van der Waals surface area contributed by atoms with Crippen LogP contribution < -0.4 is 5.56 Å². The highest BCUT2D eigenvalue weighted by atomic mass is 16.2. The molecule has 0 saturated heterocycles. The normalized spacial score (nSPS) is 11.1. The van der Waals surface area contributed by atoms with Crippen LogP contribution >= 0.6 is 0 Å². The number of hydrogen-bond donors (Lipinski definition) is 1. The van der Waals surface area contributed by atoms with Gasteiger partial charge in [-0.3, -0.25) is 9.59 Å². The van der Waals surface area contributed by atoms with Gasteiger partial charge in [0.1, 0.15) is 5.82 Å². The highest BCUT2D eigenvalue weighted by Crippen LogP contribution is 2.16. The standard InChI is InChI=1S/C23H27N3O2/c1-4-26(15-21-24-20-8-6-5-7-19(20)23(28)25-21)22(27)14-11-17-9-12-18(13-10-17)16(2)3/h5-10,12-13,16H,4,11,14-15H2,1-3H3,(H,24,25,28). The summed E-state index contributed by atoms with van der Waals surface area (Å²) in [6, 6.07) is 15.7. The third kappa shape index (κ3) is 4.66. The number of benzene rings is 2. The fourth-order valence-electron chi connectivity index (χ4n) is 3.25. The molecule has 1 N–H and O–H groups in total. The summed E-state index contributed by atoms with van der Waals surface area (Å²) in [5, 5.41) is 0.561. The molecule has 1 aromatic heterocycles. The topological polar surface area (TPSA) is 66.1 Å². The minimum Gasteiger partial charge on any atom is -0.335 e. The Balaban J connectivity index is 1.66. The van der Waals surface area contributed by atoms with Crippen molar-refractivity contribution in [3.05, 3.63) is 75.8 Å². The molecule has 0 saturated carbocycles. The molecule has 5 nitrogen and oxygen atoms in total. The fourth-order valence-corrected chi connectivity index (χ4v) is 3.25. The summed E-state index contributed by atoms with van der Waals surface area (Å²) in [5.74, 6) is 1.08. The first kappa shape index (κ1) is 19.8. The van der Waals surface area contributed by atoms with E-state index in [1.807, 2.05) is 25.1 Å². The maximum atomic E-state index is 12.7. The van der Waals surface area contributed by atoms with Crippen LogP contribution in [0.25, 0.3) is 10.9 Å². The number of H-pyrrole nitrogens is 1. The minimum atomic E-state index is -0.172. The third-order valence-corrected chi connectivity index (χ3v) is 5.01. The highest BCUT2D eigenvalue weighted by Gasteiger charge is 2.14. The maximum absolute atomic E-state index is 12.7. The van der Waals surface area contributed by atoms with E-state index >= 15 is 0 Å². The van der Waals surface area contributed by atoms with Crippen LogP contribution in [0.1, 0.15) is 50.1 Å². The molecule has 0 atom stereocenters. The first-order valence-corrected chi connectivity index (χ1v) is 9.82. The van der Waals surface area contributed by atoms with Gasteiger partial charge in [-0.05, 0) is 42.5 Å². The molecule has 3 aromatic rings. The van der Waals surface area contributed by atoms with Gasteiger partial charge in [0, 0.05) is 13.0 Å². The maximum Gasteiger partial charge on any atom is 0.258 e. The van der Waals surface area contributed by atoms with Crippen molar-refractivity contribution in [3.63, 3.8) is 0 Å². The lowest BCUT2D eigenvalue weighted by atomic mass is 10.0. The lowest BCUT2D eigenvalue weighted by Gasteiger charge is -2.20. The van der Waals surface area contributed by atoms with E-state index in [4.69, 9.17) is 0 Å². The number of fused-ring (bicyclic) bond motifs is 1. The van der Waals surface area contributed by atoms with Gasteiger partial charge in [-0.2, -0.15) is 0 Å². The van der Waals surface area contributed by atoms with Crippen LogP contribution in [-0.4, -0.2) is 27.3 Å². The number of hydrogen-bond acceptors (Lipinski definition) is 3. The van der Waals surface area contributed by atoms with Gasteiger partial charge in [-0.1, -0.05) is 50.2 Å². The number of carbonyl (C=O) groups is 1. The Labute approximate surface area is 165 Å². The molecule has 0 bridgehead atoms. The van der Waals surface area contributed by atoms with Gasteiger partial charge in [-0.15, -0.1) is 0 Å². The van der Waals surface area contributed by atoms with Crippen molar-refractivity contribution < 1.29 is 4.79 Å². The van der Waals surface area contributed by atoms with Crippen LogP contribution in [-0.2, 0) is 17.8 Å². The van der Waals surface area contributed by atoms with Gasteiger partial charge in [0.05, 0.1) is 17.4 Å². The Morgan fingerprint density at radius 3 is 2.50 bits per heavy atom. The fraction of sp³-hybridized carbons (Fsp3) is 0.348. The molecule has 0 aliphatic heterocycles. The molecule has 0 aliphatic carbocycles. The van der Waals surface area contributed by atoms with Crippen molar-refractivity contribution in [1.82, 2.24) is 14.9 Å². The van der Waals surface area contributed by atoms with Crippen molar-refractivity contribution in [1.29, 1.82) is 0 Å². The van der Waals surface area contributed by atoms with Crippen molar-refractivity contribution >= 4 is 16.8 Å². The SMILES string of the molecule is CCN(Cc1nc2ccccc2c(=O)[nH]1)C(=O)CCc1ccc(C(C)C)cc1. The van der Waals surface area contributed by atoms with Crippen molar-refractivity contribution in [2.45, 2.75) is 46.1 Å². The molecule has 1 heterocycles. The number of amides is 1. The van der Waals surface area contributed by atoms with Crippen molar-refractivity contribution in [2.75, 3.05) is 6.54 Å². The van der Waals surface area contributed by atoms with Crippen LogP contribution in [0, 0.1) is 0 Å². The third-order valence-electron chi connectivity index (χ3n) is 5.01. The second-order valence-electron chi connectivity index (χ2n) is 7.33. The molecular weight excluding hydrogens is 350 g/mol. The van der Waals surface area contributed by atoms with Crippen molar-refractivity contribution in [2.24, 2.45) is 0 Å². The molecule has 0 aliphatic rings. The predicted molar refractivity (Wildman–Crippen MR) is 112 cm³/mol. The largest absolute Gasteiger partial charge is 0.335 e. The first-order chi connectivity index (χ1) is 13.5. The molecule has 0 fully saturated rings. The molecule has 5 heteroatoms. The summed E-state index contributed by atoms with van der Waals surface area (Å²) in [5.41, 5.74) is 2.94. The monoisotopic (exact) mass is 377 g/mol. The molecule has 2 aromatic carbocycles. The quantitative estimate of drug-likeness (QED) is 0.676. The lowest BCUT2D eigenvalue weighted by molar-refractivity contribution is -0.131. The Morgan fingerprint density at radius 1 is 1.11 bits per heavy atom. The van der Waals surface area contributed by atoms with Gasteiger partial charge in [0.15, 0.2) is 0 Å². The molecule has 0 unspecified atom stereocenters. The summed E-state index contributed by atoms with van der Waals surface area (Å²) < 4.78 is 0. The number of para-hydroxylation sites is 1. The second-order valence-corrected chi connectivity index (χ2v) is 7.33. The van der Waals surface area contributed by atoms with Gasteiger partial charge in [-0.25, -0.2) is 4.98 Å². The van der Waals surface area contributed by atoms with E-state index in [0.29, 0.717) is 48.6 Å². The highest BCUT2D eigenvalue weighted by molar-refractivity contribution is 5.78. The number of aryl methyl sites for hydroxylation is 1. The van der Waals surface area contributed by atoms with Gasteiger partial charge in [0.2, 0.25) is 5.91 Å². The molecule has 28 heavy (non-hydrogen) atoms. The van der Waals surface area contributed by atoms with Crippen LogP contribution in [0.3, 0.4) is 0 Å². The van der Waals surface area contributed by atoms with Crippen molar-refractivity contribution in [3.8, 4) is 0 Å². The van der Waals surface area contributed by atoms with E-state index in [2.05, 4.69) is 48.1 Å². The lowest BCUT2D eigenvalue weighted by Crippen LogP contribution is -2.32. The Bertz CT molecular complexity index is 1010. The summed E-state index contributed by atoms with van der Waals surface area (Å²) >= 11 is 0. The molecule has 1 amide bonds. The van der Waals surface area contributed by atoms with E-state index in [0.717, 1.165) is 5.56 Å². The molecule has 146 valence electrons. The van der Waals surface area contributed by atoms with E-state index in [1.165, 1.54) is 5.56 Å². The minimum absolute atomic E-state index is 0.0613. The van der Waals surface area contributed by atoms with Crippen LogP contribution in [0.4, 0.5) is 0 Å². The van der Waals surface area contributed by atoms with Crippen LogP contribution in [0.5, 0.6) is 0 Å². The number of nitrogens with zero attached hydrogens (tertiary/aromatic N) is 2. The number of carbonyl (C=O) groups excluding carboxylic acids is 1. The van der Waals surface area contributed by atoms with E-state index < -0.39 is 0 Å². The Hall–Kier alpha value is -2.95. The zero-order valence-electron chi connectivity index (χ0n) is 16.7. The zero-order valence-corrected chi connectivity index (χ0v) is 16.7. The second kappa shape index (κ2) is 8.83. The predicted octanol–water partition coefficient (Wildman–Crippen LogP) is 4.03. The van der Waals surface area contributed by atoms with Crippen LogP contribution in [0.15, 0.2) is 53.3 Å². The van der Waals surface area contributed by atoms with Crippen LogP contribution in [0.2, 0.25) is 0 Å². The number of aromatic nitrogens is 2. The van der Waals surface area contributed by atoms with Gasteiger partial charge >= 0.3 is 0 Å². The molecule has 0 spiro atoms. The summed E-state index contributed by atoms with van der Waals surface area (Å²) in [6.45, 7) is 7.16. The first-order valence-electron chi connectivity index (χ1n) is 9.82. The number of nitrogens with one attached hydrogen (secondary N) is 1. The summed E-state index contributed by atoms with van der Waals surface area (Å²) in [6.07, 6.45) is 1.14. The molecule has 0 radical (unpaired) electrons. The average Bonchev–Trinajstić information content (AvgIpc) is 2.70. The average molecular weight is 377 g/mol. The Kier molecular flexibility index (Phi) is 6.24. The van der Waals surface area contributed by atoms with Gasteiger partial charge in [0.25, 0.3) is 5.56 Å². The zero-order chi connectivity index (χ0) is 20.1. The Morgan fingerprint density at radius 2 is 1.82 bits per heavy atom. The van der Waals surface area contributed by atoms with E-state index in [9.17, 15) is 9.59 Å².